The molecule has 0 aliphatic heterocycles. The van der Waals surface area contributed by atoms with Crippen LogP contribution in [0.5, 0.6) is 0 Å². The van der Waals surface area contributed by atoms with Gasteiger partial charge in [-0.05, 0) is 0 Å². The molecule has 0 aromatic heterocycles. The van der Waals surface area contributed by atoms with Gasteiger partial charge in [-0.25, -0.2) is 0 Å². The molecule has 0 saturated carbocycles. The van der Waals surface area contributed by atoms with Crippen LogP contribution in [-0.4, -0.2) is 17.5 Å². The Bertz CT molecular complexity index is 107. The van der Waals surface area contributed by atoms with E-state index in [9.17, 15) is 0 Å². The van der Waals surface area contributed by atoms with Gasteiger partial charge in [-0.1, -0.05) is 0 Å². The van der Waals surface area contributed by atoms with E-state index in [1.807, 2.05) is 0 Å². The molecule has 0 aromatic carbocycles. The van der Waals surface area contributed by atoms with Gasteiger partial charge < -0.3 is 12.0 Å². The predicted molar refractivity (Wildman–Crippen MR) is 12.7 cm³/mol. The minimum atomic E-state index is -5.17. The van der Waals surface area contributed by atoms with Gasteiger partial charge >= 0.3 is 140 Å². The van der Waals surface area contributed by atoms with Crippen molar-refractivity contribution >= 4 is 10.4 Å². The van der Waals surface area contributed by atoms with Crippen LogP contribution in [0.25, 0.3) is 0 Å². The molecule has 0 atom stereocenters. The van der Waals surface area contributed by atoms with E-state index in [-0.39, 0.29) is 143 Å². The Morgan fingerprint density at radius 1 is 1.00 bits per heavy atom. The summed E-state index contributed by atoms with van der Waals surface area (Å²) in [6, 6.07) is 0. The molecule has 0 amide bonds. The topological polar surface area (TPSA) is 80.3 Å². The van der Waals surface area contributed by atoms with Gasteiger partial charge in [-0.3, -0.25) is 8.42 Å². The van der Waals surface area contributed by atoms with Crippen molar-refractivity contribution in [3.05, 3.63) is 0 Å². The Morgan fingerprint density at radius 3 is 1.00 bits per heavy atom. The van der Waals surface area contributed by atoms with Crippen molar-refractivity contribution < 1.29 is 161 Å². The van der Waals surface area contributed by atoms with Crippen molar-refractivity contribution in [1.29, 1.82) is 0 Å². The Hall–Kier alpha value is 4.34. The standard InChI is InChI=1S/2K.2Li.H2O4S.2H/c;;;;1-5(2,3)4;;/h;;;;(H2,1,2,3,4);;/q4*+1;;2*-1/p-2. The van der Waals surface area contributed by atoms with Crippen LogP contribution in [-0.2, 0) is 10.4 Å². The van der Waals surface area contributed by atoms with E-state index in [4.69, 9.17) is 17.5 Å². The number of rotatable bonds is 0. The summed E-state index contributed by atoms with van der Waals surface area (Å²) in [4.78, 5) is 0. The van der Waals surface area contributed by atoms with E-state index < -0.39 is 10.4 Å². The fourth-order valence-corrected chi connectivity index (χ4v) is 0. The zero-order valence-electron chi connectivity index (χ0n) is 8.04. The maximum Gasteiger partial charge on any atom is 1.00 e. The Kier molecular flexibility index (Phi) is 48.2. The normalized spacial score (nSPS) is 6.44. The Morgan fingerprint density at radius 2 is 1.00 bits per heavy atom. The third-order valence-electron chi connectivity index (χ3n) is 0. The predicted octanol–water partition coefficient (Wildman–Crippen LogP) is -13.1. The second kappa shape index (κ2) is 14.8. The van der Waals surface area contributed by atoms with Crippen molar-refractivity contribution in [3.63, 3.8) is 0 Å². The Labute approximate surface area is 166 Å². The zero-order chi connectivity index (χ0) is 4.50. The van der Waals surface area contributed by atoms with Crippen molar-refractivity contribution in [3.8, 4) is 0 Å². The molecular formula is H2K2Li2O4S. The molecule has 4 nitrogen and oxygen atoms in total. The molecule has 0 aromatic rings. The fraction of sp³-hybridized carbons (Fsp3) is 0. The van der Waals surface area contributed by atoms with Gasteiger partial charge in [0.1, 0.15) is 0 Å². The summed E-state index contributed by atoms with van der Waals surface area (Å²) in [5, 5.41) is 0. The van der Waals surface area contributed by atoms with Crippen LogP contribution in [0, 0.1) is 0 Å². The molecule has 0 bridgehead atoms. The van der Waals surface area contributed by atoms with E-state index in [0.29, 0.717) is 0 Å². The summed E-state index contributed by atoms with van der Waals surface area (Å²) in [7, 11) is -5.17. The second-order valence-corrected chi connectivity index (χ2v) is 1.22. The van der Waals surface area contributed by atoms with Crippen LogP contribution in [0.4, 0.5) is 0 Å². The first-order chi connectivity index (χ1) is 2.00. The average molecular weight is 190 g/mol. The van der Waals surface area contributed by atoms with Crippen LogP contribution in [0.2, 0.25) is 0 Å². The van der Waals surface area contributed by atoms with E-state index in [2.05, 4.69) is 0 Å². The first-order valence-electron chi connectivity index (χ1n) is 0.667. The quantitative estimate of drug-likeness (QED) is 0.216. The van der Waals surface area contributed by atoms with Crippen molar-refractivity contribution in [2.75, 3.05) is 0 Å². The van der Waals surface area contributed by atoms with Crippen LogP contribution >= 0.6 is 0 Å². The third-order valence-corrected chi connectivity index (χ3v) is 0. The number of hydrogen-bond donors (Lipinski definition) is 0. The molecule has 0 N–H and O–H groups in total. The molecule has 0 fully saturated rings. The van der Waals surface area contributed by atoms with Gasteiger partial charge in [0, 0.05) is 10.4 Å². The van der Waals surface area contributed by atoms with E-state index in [1.165, 1.54) is 0 Å². The molecule has 0 radical (unpaired) electrons. The summed E-state index contributed by atoms with van der Waals surface area (Å²) in [6.45, 7) is 0. The smallest absolute Gasteiger partial charge is 1.00 e. The first kappa shape index (κ1) is 29.2. The van der Waals surface area contributed by atoms with Crippen LogP contribution in [0.3, 0.4) is 0 Å². The van der Waals surface area contributed by atoms with Gasteiger partial charge in [-0.2, -0.15) is 0 Å². The van der Waals surface area contributed by atoms with Gasteiger partial charge in [0.25, 0.3) is 0 Å². The minimum absolute atomic E-state index is 0. The summed E-state index contributed by atoms with van der Waals surface area (Å²) in [6.07, 6.45) is 0. The molecule has 0 unspecified atom stereocenters. The monoisotopic (exact) mass is 190 g/mol. The van der Waals surface area contributed by atoms with Gasteiger partial charge in [0.15, 0.2) is 0 Å². The molecule has 9 heavy (non-hydrogen) atoms. The van der Waals surface area contributed by atoms with E-state index >= 15 is 0 Å². The largest absolute Gasteiger partial charge is 1.00 e. The van der Waals surface area contributed by atoms with Gasteiger partial charge in [0.2, 0.25) is 0 Å². The molecule has 0 heterocycles. The summed E-state index contributed by atoms with van der Waals surface area (Å²) in [5.41, 5.74) is 0. The maximum absolute atomic E-state index is 8.52. The zero-order valence-corrected chi connectivity index (χ0v) is 13.1. The van der Waals surface area contributed by atoms with Crippen molar-refractivity contribution in [1.82, 2.24) is 0 Å². The summed E-state index contributed by atoms with van der Waals surface area (Å²) >= 11 is 0. The molecule has 0 saturated heterocycles. The van der Waals surface area contributed by atoms with E-state index in [1.54, 1.807) is 0 Å². The summed E-state index contributed by atoms with van der Waals surface area (Å²) < 4.78 is 34.1. The van der Waals surface area contributed by atoms with E-state index in [0.717, 1.165) is 0 Å². The average Bonchev–Trinajstić information content (AvgIpc) is 0.722. The summed E-state index contributed by atoms with van der Waals surface area (Å²) in [5.74, 6) is 0. The van der Waals surface area contributed by atoms with Crippen LogP contribution in [0.15, 0.2) is 0 Å². The molecule has 0 rings (SSSR count). The SMILES string of the molecule is O=S(=O)([O-])[O-].[H-].[H-].[K+].[K+].[Li+].[Li+]. The molecule has 0 spiro atoms. The minimum Gasteiger partial charge on any atom is -1.00 e. The Balaban J connectivity index is -0.00000000533. The first-order valence-corrected chi connectivity index (χ1v) is 2.00. The molecule has 0 aliphatic rings. The van der Waals surface area contributed by atoms with Gasteiger partial charge in [-0.15, -0.1) is 0 Å². The molecule has 36 valence electrons. The van der Waals surface area contributed by atoms with Crippen LogP contribution in [0.1, 0.15) is 2.85 Å². The van der Waals surface area contributed by atoms with Crippen molar-refractivity contribution in [2.45, 2.75) is 0 Å². The van der Waals surface area contributed by atoms with Crippen molar-refractivity contribution in [2.24, 2.45) is 0 Å². The van der Waals surface area contributed by atoms with Gasteiger partial charge in [0.05, 0.1) is 0 Å². The second-order valence-electron chi connectivity index (χ2n) is 0.408. The van der Waals surface area contributed by atoms with Crippen LogP contribution < -0.4 is 140 Å². The number of hydrogen-bond acceptors (Lipinski definition) is 4. The molecule has 0 aliphatic carbocycles. The molecule has 9 heteroatoms. The fourth-order valence-electron chi connectivity index (χ4n) is 0. The maximum atomic E-state index is 8.52. The third kappa shape index (κ3) is 70.1. The molecular weight excluding hydrogens is 188 g/mol.